The Bertz CT molecular complexity index is 515. The number of carboxylic acid groups (broad SMARTS) is 1. The van der Waals surface area contributed by atoms with Crippen LogP contribution in [0.1, 0.15) is 29.6 Å². The molecular formula is C14H15BrFNO3. The lowest BCUT2D eigenvalue weighted by atomic mass is 9.96. The minimum absolute atomic E-state index is 0.0441. The second-order valence-corrected chi connectivity index (χ2v) is 5.80. The lowest BCUT2D eigenvalue weighted by Crippen LogP contribution is -2.33. The van der Waals surface area contributed by atoms with Gasteiger partial charge in [-0.1, -0.05) is 12.5 Å². The van der Waals surface area contributed by atoms with Gasteiger partial charge in [0.2, 0.25) is 0 Å². The van der Waals surface area contributed by atoms with Gasteiger partial charge < -0.3 is 10.4 Å². The second kappa shape index (κ2) is 6.35. The molecule has 1 aliphatic rings. The number of carbonyl (C=O) groups is 2. The molecule has 1 fully saturated rings. The fourth-order valence-electron chi connectivity index (χ4n) is 2.63. The monoisotopic (exact) mass is 343 g/mol. The number of rotatable bonds is 4. The lowest BCUT2D eigenvalue weighted by Gasteiger charge is -2.16. The van der Waals surface area contributed by atoms with E-state index in [-0.39, 0.29) is 18.0 Å². The predicted octanol–water partition coefficient (Wildman–Crippen LogP) is 2.82. The van der Waals surface area contributed by atoms with E-state index in [1.54, 1.807) is 6.07 Å². The molecule has 108 valence electrons. The van der Waals surface area contributed by atoms with Gasteiger partial charge in [-0.05, 0) is 46.8 Å². The van der Waals surface area contributed by atoms with Crippen LogP contribution >= 0.6 is 15.9 Å². The molecule has 20 heavy (non-hydrogen) atoms. The van der Waals surface area contributed by atoms with Crippen LogP contribution in [0.15, 0.2) is 22.7 Å². The summed E-state index contributed by atoms with van der Waals surface area (Å²) in [5, 5.41) is 11.7. The molecular weight excluding hydrogens is 329 g/mol. The molecule has 1 aliphatic carbocycles. The molecule has 0 radical (unpaired) electrons. The third-order valence-electron chi connectivity index (χ3n) is 3.69. The number of carboxylic acids is 1. The SMILES string of the molecule is O=C(NCC1CCCC1C(=O)O)c1c(F)cccc1Br. The van der Waals surface area contributed by atoms with Gasteiger partial charge in [0.1, 0.15) is 5.82 Å². The molecule has 2 atom stereocenters. The Balaban J connectivity index is 2.01. The van der Waals surface area contributed by atoms with Gasteiger partial charge >= 0.3 is 5.97 Å². The number of amides is 1. The maximum atomic E-state index is 13.6. The molecule has 2 rings (SSSR count). The lowest BCUT2D eigenvalue weighted by molar-refractivity contribution is -0.142. The summed E-state index contributed by atoms with van der Waals surface area (Å²) in [7, 11) is 0. The summed E-state index contributed by atoms with van der Waals surface area (Å²) < 4.78 is 14.0. The molecule has 6 heteroatoms. The van der Waals surface area contributed by atoms with E-state index in [1.807, 2.05) is 0 Å². The minimum atomic E-state index is -0.825. The van der Waals surface area contributed by atoms with Crippen LogP contribution < -0.4 is 5.32 Å². The summed E-state index contributed by atoms with van der Waals surface area (Å²) in [6.07, 6.45) is 2.26. The van der Waals surface area contributed by atoms with Crippen molar-refractivity contribution in [1.82, 2.24) is 5.32 Å². The van der Waals surface area contributed by atoms with E-state index in [2.05, 4.69) is 21.2 Å². The van der Waals surface area contributed by atoms with Crippen molar-refractivity contribution in [2.75, 3.05) is 6.54 Å². The van der Waals surface area contributed by atoms with Crippen LogP contribution in [0.25, 0.3) is 0 Å². The highest BCUT2D eigenvalue weighted by Crippen LogP contribution is 2.31. The van der Waals surface area contributed by atoms with E-state index >= 15 is 0 Å². The summed E-state index contributed by atoms with van der Waals surface area (Å²) in [6.45, 7) is 0.260. The standard InChI is InChI=1S/C14H15BrFNO3/c15-10-5-2-6-11(16)12(10)13(18)17-7-8-3-1-4-9(8)14(19)20/h2,5-6,8-9H,1,3-4,7H2,(H,17,18)(H,19,20). The molecule has 0 aliphatic heterocycles. The Morgan fingerprint density at radius 3 is 2.80 bits per heavy atom. The fraction of sp³-hybridized carbons (Fsp3) is 0.429. The summed E-state index contributed by atoms with van der Waals surface area (Å²) >= 11 is 3.14. The normalized spacial score (nSPS) is 21.7. The van der Waals surface area contributed by atoms with E-state index < -0.39 is 23.6 Å². The average molecular weight is 344 g/mol. The molecule has 0 spiro atoms. The van der Waals surface area contributed by atoms with Crippen molar-refractivity contribution in [2.24, 2.45) is 11.8 Å². The molecule has 0 aromatic heterocycles. The zero-order valence-electron chi connectivity index (χ0n) is 10.7. The van der Waals surface area contributed by atoms with Crippen LogP contribution in [-0.4, -0.2) is 23.5 Å². The van der Waals surface area contributed by atoms with Crippen molar-refractivity contribution >= 4 is 27.8 Å². The van der Waals surface area contributed by atoms with Crippen molar-refractivity contribution < 1.29 is 19.1 Å². The molecule has 0 heterocycles. The van der Waals surface area contributed by atoms with E-state index in [0.29, 0.717) is 10.9 Å². The Morgan fingerprint density at radius 2 is 2.15 bits per heavy atom. The zero-order valence-corrected chi connectivity index (χ0v) is 12.3. The Kier molecular flexibility index (Phi) is 4.75. The molecule has 2 N–H and O–H groups in total. The van der Waals surface area contributed by atoms with Crippen molar-refractivity contribution in [3.63, 3.8) is 0 Å². The van der Waals surface area contributed by atoms with Gasteiger partial charge in [-0.25, -0.2) is 4.39 Å². The number of benzene rings is 1. The van der Waals surface area contributed by atoms with Crippen LogP contribution in [-0.2, 0) is 4.79 Å². The molecule has 4 nitrogen and oxygen atoms in total. The number of halogens is 2. The van der Waals surface area contributed by atoms with E-state index in [1.165, 1.54) is 12.1 Å². The van der Waals surface area contributed by atoms with Crippen molar-refractivity contribution in [3.05, 3.63) is 34.1 Å². The molecule has 1 aromatic carbocycles. The maximum absolute atomic E-state index is 13.6. The van der Waals surface area contributed by atoms with Gasteiger partial charge in [-0.3, -0.25) is 9.59 Å². The third kappa shape index (κ3) is 3.17. The van der Waals surface area contributed by atoms with Crippen molar-refractivity contribution in [2.45, 2.75) is 19.3 Å². The second-order valence-electron chi connectivity index (χ2n) is 4.94. The number of aliphatic carboxylic acids is 1. The predicted molar refractivity (Wildman–Crippen MR) is 74.9 cm³/mol. The van der Waals surface area contributed by atoms with Crippen molar-refractivity contribution in [3.8, 4) is 0 Å². The first-order chi connectivity index (χ1) is 9.50. The average Bonchev–Trinajstić information content (AvgIpc) is 2.84. The molecule has 0 bridgehead atoms. The molecule has 2 unspecified atom stereocenters. The number of hydrogen-bond acceptors (Lipinski definition) is 2. The van der Waals surface area contributed by atoms with Crippen LogP contribution in [0, 0.1) is 17.7 Å². The summed E-state index contributed by atoms with van der Waals surface area (Å²) in [5.41, 5.74) is -0.0441. The van der Waals surface area contributed by atoms with Gasteiger partial charge in [-0.2, -0.15) is 0 Å². The zero-order chi connectivity index (χ0) is 14.7. The topological polar surface area (TPSA) is 66.4 Å². The third-order valence-corrected chi connectivity index (χ3v) is 4.35. The highest BCUT2D eigenvalue weighted by Gasteiger charge is 2.33. The fourth-order valence-corrected chi connectivity index (χ4v) is 3.16. The van der Waals surface area contributed by atoms with E-state index in [0.717, 1.165) is 12.8 Å². The summed E-state index contributed by atoms with van der Waals surface area (Å²) in [4.78, 5) is 23.0. The van der Waals surface area contributed by atoms with Crippen LogP contribution in [0.4, 0.5) is 4.39 Å². The Labute approximate surface area is 124 Å². The van der Waals surface area contributed by atoms with Crippen LogP contribution in [0.3, 0.4) is 0 Å². The van der Waals surface area contributed by atoms with Gasteiger partial charge in [0.15, 0.2) is 0 Å². The van der Waals surface area contributed by atoms with Crippen molar-refractivity contribution in [1.29, 1.82) is 0 Å². The summed E-state index contributed by atoms with van der Waals surface area (Å²) in [6, 6.07) is 4.32. The van der Waals surface area contributed by atoms with Gasteiger partial charge in [0.05, 0.1) is 11.5 Å². The van der Waals surface area contributed by atoms with Gasteiger partial charge in [-0.15, -0.1) is 0 Å². The Hall–Kier alpha value is -1.43. The molecule has 1 amide bonds. The molecule has 0 saturated heterocycles. The number of nitrogens with one attached hydrogen (secondary N) is 1. The number of carbonyl (C=O) groups excluding carboxylic acids is 1. The quantitative estimate of drug-likeness (QED) is 0.883. The maximum Gasteiger partial charge on any atom is 0.306 e. The van der Waals surface area contributed by atoms with Gasteiger partial charge in [0, 0.05) is 11.0 Å². The first-order valence-corrected chi connectivity index (χ1v) is 7.25. The van der Waals surface area contributed by atoms with Crippen LogP contribution in [0.2, 0.25) is 0 Å². The van der Waals surface area contributed by atoms with E-state index in [9.17, 15) is 14.0 Å². The highest BCUT2D eigenvalue weighted by molar-refractivity contribution is 9.10. The highest BCUT2D eigenvalue weighted by atomic mass is 79.9. The molecule has 1 saturated carbocycles. The minimum Gasteiger partial charge on any atom is -0.481 e. The first-order valence-electron chi connectivity index (χ1n) is 6.45. The summed E-state index contributed by atoms with van der Waals surface area (Å²) in [5.74, 6) is -2.45. The number of hydrogen-bond donors (Lipinski definition) is 2. The largest absolute Gasteiger partial charge is 0.481 e. The van der Waals surface area contributed by atoms with E-state index in [4.69, 9.17) is 5.11 Å². The first kappa shape index (κ1) is 15.0. The van der Waals surface area contributed by atoms with Gasteiger partial charge in [0.25, 0.3) is 5.91 Å². The van der Waals surface area contributed by atoms with Crippen LogP contribution in [0.5, 0.6) is 0 Å². The smallest absolute Gasteiger partial charge is 0.306 e. The Morgan fingerprint density at radius 1 is 1.40 bits per heavy atom. The molecule has 1 aromatic rings.